The van der Waals surface area contributed by atoms with Gasteiger partial charge in [0.05, 0.1) is 17.8 Å². The highest BCUT2D eigenvalue weighted by atomic mass is 16.9. The summed E-state index contributed by atoms with van der Waals surface area (Å²) in [4.78, 5) is 52.9. The summed E-state index contributed by atoms with van der Waals surface area (Å²) < 4.78 is 20.2. The van der Waals surface area contributed by atoms with E-state index < -0.39 is 77.3 Å². The molecule has 0 bridgehead atoms. The second-order valence-electron chi connectivity index (χ2n) is 8.41. The first kappa shape index (κ1) is 27.6. The number of hydrogen-bond donors (Lipinski definition) is 2. The summed E-state index contributed by atoms with van der Waals surface area (Å²) in [5.41, 5.74) is 0. The lowest BCUT2D eigenvalue weighted by atomic mass is 10.2. The van der Waals surface area contributed by atoms with Crippen LogP contribution in [-0.4, -0.2) is 45.3 Å². The van der Waals surface area contributed by atoms with Crippen molar-refractivity contribution in [1.82, 2.24) is 4.73 Å². The van der Waals surface area contributed by atoms with Crippen molar-refractivity contribution in [3.63, 3.8) is 0 Å². The molecule has 33 heavy (non-hydrogen) atoms. The summed E-state index contributed by atoms with van der Waals surface area (Å²) in [6.07, 6.45) is -2.81. The normalized spacial score (nSPS) is 12.1. The van der Waals surface area contributed by atoms with Crippen molar-refractivity contribution in [3.05, 3.63) is 0 Å². The average Bonchev–Trinajstić information content (AvgIpc) is 2.91. The van der Waals surface area contributed by atoms with Crippen molar-refractivity contribution in [1.29, 1.82) is 0 Å². The van der Waals surface area contributed by atoms with Gasteiger partial charge in [-0.2, -0.15) is 0 Å². The Morgan fingerprint density at radius 3 is 1.39 bits per heavy atom. The highest BCUT2D eigenvalue weighted by molar-refractivity contribution is 5.80. The second-order valence-corrected chi connectivity index (χ2v) is 8.41. The van der Waals surface area contributed by atoms with Crippen LogP contribution in [-0.2, 0) is 23.9 Å². The van der Waals surface area contributed by atoms with Crippen LogP contribution in [0.2, 0.25) is 0 Å². The molecule has 0 unspecified atom stereocenters. The maximum Gasteiger partial charge on any atom is 0.537 e. The molecule has 0 aliphatic heterocycles. The zero-order valence-corrected chi connectivity index (χ0v) is 19.9. The molecule has 2 N–H and O–H groups in total. The molecule has 1 heterocycles. The molecule has 1 aromatic rings. The van der Waals surface area contributed by atoms with Gasteiger partial charge >= 0.3 is 24.1 Å². The lowest BCUT2D eigenvalue weighted by molar-refractivity contribution is -0.183. The zero-order chi connectivity index (χ0) is 25.6. The standard InChI is InChI=1S/C21H31NO11/c1-9(2)17(25)29-13-14(30-18(26)10(3)4)16(24)22(15(13)23)33-21(28)32-20(12(7)8)31-19(27)11(5)6/h9-12,20,23-24H,1-8H3/t20-/m0/s1. The summed E-state index contributed by atoms with van der Waals surface area (Å²) in [6.45, 7) is 12.4. The van der Waals surface area contributed by atoms with Crippen LogP contribution in [0.1, 0.15) is 55.4 Å². The summed E-state index contributed by atoms with van der Waals surface area (Å²) in [5.74, 6) is -8.08. The number of aromatic hydroxyl groups is 2. The Morgan fingerprint density at radius 2 is 1.06 bits per heavy atom. The van der Waals surface area contributed by atoms with E-state index in [9.17, 15) is 29.4 Å². The lowest BCUT2D eigenvalue weighted by Gasteiger charge is -2.21. The first-order valence-electron chi connectivity index (χ1n) is 10.4. The molecule has 0 amide bonds. The third-order valence-corrected chi connectivity index (χ3v) is 3.97. The van der Waals surface area contributed by atoms with Gasteiger partial charge in [0.2, 0.25) is 11.5 Å². The molecule has 0 aromatic carbocycles. The largest absolute Gasteiger partial charge is 0.537 e. The van der Waals surface area contributed by atoms with Crippen molar-refractivity contribution < 1.29 is 53.2 Å². The van der Waals surface area contributed by atoms with Crippen molar-refractivity contribution in [2.45, 2.75) is 61.7 Å². The molecule has 1 atom stereocenters. The minimum absolute atomic E-state index is 0.149. The van der Waals surface area contributed by atoms with Gasteiger partial charge in [0, 0.05) is 5.92 Å². The number of carbonyl (C=O) groups excluding carboxylic acids is 4. The second kappa shape index (κ2) is 11.4. The fourth-order valence-corrected chi connectivity index (χ4v) is 1.93. The summed E-state index contributed by atoms with van der Waals surface area (Å²) in [6, 6.07) is 0. The van der Waals surface area contributed by atoms with Crippen LogP contribution in [0.4, 0.5) is 4.79 Å². The number of ether oxygens (including phenoxy) is 4. The van der Waals surface area contributed by atoms with E-state index in [2.05, 4.69) is 0 Å². The SMILES string of the molecule is CC(C)C(=O)Oc1c(OC(=O)C(C)C)c(O)n(OC(=O)O[C@H](OC(=O)C(C)C)C(C)C)c1O. The highest BCUT2D eigenvalue weighted by Gasteiger charge is 2.34. The minimum Gasteiger partial charge on any atom is -0.490 e. The molecular weight excluding hydrogens is 442 g/mol. The van der Waals surface area contributed by atoms with Gasteiger partial charge in [-0.1, -0.05) is 60.1 Å². The van der Waals surface area contributed by atoms with Crippen molar-refractivity contribution in [2.75, 3.05) is 0 Å². The number of esters is 3. The Morgan fingerprint density at radius 1 is 0.667 bits per heavy atom. The molecule has 0 radical (unpaired) electrons. The third kappa shape index (κ3) is 7.29. The third-order valence-electron chi connectivity index (χ3n) is 3.97. The lowest BCUT2D eigenvalue weighted by Crippen LogP contribution is -2.33. The highest BCUT2D eigenvalue weighted by Crippen LogP contribution is 2.47. The van der Waals surface area contributed by atoms with E-state index in [0.29, 0.717) is 0 Å². The van der Waals surface area contributed by atoms with E-state index in [1.54, 1.807) is 27.7 Å². The number of aromatic nitrogens is 1. The van der Waals surface area contributed by atoms with E-state index >= 15 is 0 Å². The van der Waals surface area contributed by atoms with Crippen LogP contribution in [0, 0.1) is 23.7 Å². The Bertz CT molecular complexity index is 838. The van der Waals surface area contributed by atoms with E-state index in [4.69, 9.17) is 23.8 Å². The molecule has 12 nitrogen and oxygen atoms in total. The quantitative estimate of drug-likeness (QED) is 0.401. The van der Waals surface area contributed by atoms with E-state index in [1.807, 2.05) is 0 Å². The Kier molecular flexibility index (Phi) is 9.56. The predicted molar refractivity (Wildman–Crippen MR) is 111 cm³/mol. The van der Waals surface area contributed by atoms with Gasteiger partial charge < -0.3 is 29.2 Å². The van der Waals surface area contributed by atoms with Crippen molar-refractivity contribution in [3.8, 4) is 23.3 Å². The van der Waals surface area contributed by atoms with Gasteiger partial charge in [-0.3, -0.25) is 19.2 Å². The fourth-order valence-electron chi connectivity index (χ4n) is 1.93. The molecule has 1 rings (SSSR count). The van der Waals surface area contributed by atoms with Crippen LogP contribution in [0.3, 0.4) is 0 Å². The maximum atomic E-state index is 12.3. The average molecular weight is 473 g/mol. The van der Waals surface area contributed by atoms with Crippen LogP contribution >= 0.6 is 0 Å². The van der Waals surface area contributed by atoms with Crippen molar-refractivity contribution >= 4 is 24.1 Å². The summed E-state index contributed by atoms with van der Waals surface area (Å²) in [7, 11) is 0. The van der Waals surface area contributed by atoms with E-state index in [-0.39, 0.29) is 4.73 Å². The number of hydrogen-bond acceptors (Lipinski definition) is 11. The van der Waals surface area contributed by atoms with Crippen LogP contribution in [0.5, 0.6) is 23.3 Å². The number of rotatable bonds is 9. The van der Waals surface area contributed by atoms with Crippen LogP contribution in [0.15, 0.2) is 0 Å². The molecule has 0 saturated carbocycles. The van der Waals surface area contributed by atoms with Gasteiger partial charge in [0.25, 0.3) is 18.1 Å². The molecule has 0 saturated heterocycles. The zero-order valence-electron chi connectivity index (χ0n) is 19.9. The molecule has 12 heteroatoms. The minimum atomic E-state index is -1.48. The Labute approximate surface area is 191 Å². The molecule has 0 fully saturated rings. The molecule has 0 aliphatic carbocycles. The van der Waals surface area contributed by atoms with Gasteiger partial charge in [-0.25, -0.2) is 4.79 Å². The molecular formula is C21H31NO11. The van der Waals surface area contributed by atoms with Gasteiger partial charge in [0.1, 0.15) is 0 Å². The molecule has 1 aromatic heterocycles. The van der Waals surface area contributed by atoms with E-state index in [0.717, 1.165) is 0 Å². The van der Waals surface area contributed by atoms with E-state index in [1.165, 1.54) is 27.7 Å². The van der Waals surface area contributed by atoms with Gasteiger partial charge in [-0.15, -0.1) is 0 Å². The summed E-state index contributed by atoms with van der Waals surface area (Å²) >= 11 is 0. The predicted octanol–water partition coefficient (Wildman–Crippen LogP) is 2.77. The maximum absolute atomic E-state index is 12.3. The summed E-state index contributed by atoms with van der Waals surface area (Å²) in [5, 5.41) is 20.8. The fraction of sp³-hybridized carbons (Fsp3) is 0.619. The number of nitrogens with zero attached hydrogens (tertiary/aromatic N) is 1. The monoisotopic (exact) mass is 473 g/mol. The smallest absolute Gasteiger partial charge is 0.490 e. The molecule has 186 valence electrons. The first-order chi connectivity index (χ1) is 15.2. The van der Waals surface area contributed by atoms with Crippen LogP contribution in [0.25, 0.3) is 0 Å². The number of carbonyl (C=O) groups is 4. The molecule has 0 spiro atoms. The van der Waals surface area contributed by atoms with Gasteiger partial charge in [-0.05, 0) is 0 Å². The van der Waals surface area contributed by atoms with Crippen LogP contribution < -0.4 is 14.3 Å². The van der Waals surface area contributed by atoms with Crippen molar-refractivity contribution in [2.24, 2.45) is 23.7 Å². The molecule has 0 aliphatic rings. The van der Waals surface area contributed by atoms with Gasteiger partial charge in [0.15, 0.2) is 0 Å². The Hall–Kier alpha value is -3.44. The topological polar surface area (TPSA) is 160 Å². The Balaban J connectivity index is 3.24. The first-order valence-corrected chi connectivity index (χ1v) is 10.4.